The van der Waals surface area contributed by atoms with Crippen molar-refractivity contribution in [2.45, 2.75) is 32.0 Å². The van der Waals surface area contributed by atoms with Crippen molar-refractivity contribution in [2.24, 2.45) is 0 Å². The number of carbonyl (C=O) groups excluding carboxylic acids is 2. The fourth-order valence-electron chi connectivity index (χ4n) is 4.08. The molecule has 0 aliphatic carbocycles. The number of halogens is 2. The second kappa shape index (κ2) is 14.4. The van der Waals surface area contributed by atoms with Gasteiger partial charge in [-0.3, -0.25) is 14.4 Å². The first-order chi connectivity index (χ1) is 21.0. The second-order valence-corrected chi connectivity index (χ2v) is 10.9. The van der Waals surface area contributed by atoms with Crippen molar-refractivity contribution < 1.29 is 33.0 Å². The average Bonchev–Trinajstić information content (AvgIpc) is 3.39. The lowest BCUT2D eigenvalue weighted by Gasteiger charge is -2.16. The van der Waals surface area contributed by atoms with E-state index in [4.69, 9.17) is 4.74 Å². The molecule has 44 heavy (non-hydrogen) atoms. The Morgan fingerprint density at radius 3 is 2.68 bits per heavy atom. The largest absolute Gasteiger partial charge is 0.487 e. The van der Waals surface area contributed by atoms with E-state index in [0.29, 0.717) is 21.0 Å². The van der Waals surface area contributed by atoms with Crippen LogP contribution >= 0.6 is 11.3 Å². The van der Waals surface area contributed by atoms with E-state index in [1.807, 2.05) is 0 Å². The van der Waals surface area contributed by atoms with Gasteiger partial charge >= 0.3 is 6.09 Å². The van der Waals surface area contributed by atoms with Crippen LogP contribution in [0.25, 0.3) is 10.2 Å². The van der Waals surface area contributed by atoms with Gasteiger partial charge in [0.1, 0.15) is 40.7 Å². The summed E-state index contributed by atoms with van der Waals surface area (Å²) in [6.45, 7) is -0.0582. The first-order valence-electron chi connectivity index (χ1n) is 13.3. The number of allylic oxidation sites excluding steroid dienone is 1. The summed E-state index contributed by atoms with van der Waals surface area (Å²) in [7, 11) is 3.18. The minimum atomic E-state index is -1.41. The molecule has 0 aliphatic heterocycles. The van der Waals surface area contributed by atoms with Crippen LogP contribution in [-0.4, -0.2) is 57.6 Å². The molecule has 3 N–H and O–H groups in total. The lowest BCUT2D eigenvalue weighted by molar-refractivity contribution is -0.123. The van der Waals surface area contributed by atoms with Gasteiger partial charge in [-0.1, -0.05) is 12.1 Å². The maximum atomic E-state index is 14.0. The Hall–Kier alpha value is -5.11. The van der Waals surface area contributed by atoms with Gasteiger partial charge in [-0.25, -0.2) is 18.6 Å². The van der Waals surface area contributed by atoms with E-state index in [2.05, 4.69) is 15.6 Å². The third-order valence-corrected chi connectivity index (χ3v) is 7.41. The second-order valence-electron chi connectivity index (χ2n) is 9.80. The number of anilines is 1. The molecule has 4 rings (SSSR count). The number of fused-ring (bicyclic) bond motifs is 1. The average molecular weight is 626 g/mol. The predicted molar refractivity (Wildman–Crippen MR) is 161 cm³/mol. The van der Waals surface area contributed by atoms with Crippen LogP contribution in [0.3, 0.4) is 0 Å². The van der Waals surface area contributed by atoms with Crippen LogP contribution in [-0.2, 0) is 22.7 Å². The van der Waals surface area contributed by atoms with E-state index < -0.39 is 35.2 Å². The van der Waals surface area contributed by atoms with Gasteiger partial charge < -0.3 is 29.9 Å². The zero-order valence-corrected chi connectivity index (χ0v) is 24.6. The summed E-state index contributed by atoms with van der Waals surface area (Å²) >= 11 is 1.27. The molecular weight excluding hydrogens is 596 g/mol. The van der Waals surface area contributed by atoms with Crippen molar-refractivity contribution in [3.8, 4) is 5.75 Å². The molecule has 0 saturated heterocycles. The van der Waals surface area contributed by atoms with Gasteiger partial charge in [-0.15, -0.1) is 11.3 Å². The van der Waals surface area contributed by atoms with Crippen LogP contribution in [0.15, 0.2) is 71.7 Å². The van der Waals surface area contributed by atoms with Crippen LogP contribution in [0.5, 0.6) is 5.75 Å². The highest BCUT2D eigenvalue weighted by Crippen LogP contribution is 2.32. The SMILES string of the molecule is CN(C)C(=O)/C=C/CCC(NC(=O)O)C(=O)Nc1cccn(Cc2nc3cccc(OCc4ccc(F)cc4F)c3s2)c1=O. The number of benzene rings is 2. The van der Waals surface area contributed by atoms with E-state index in [1.165, 1.54) is 51.3 Å². The lowest BCUT2D eigenvalue weighted by atomic mass is 10.1. The Balaban J connectivity index is 1.46. The molecule has 2 aromatic heterocycles. The zero-order valence-electron chi connectivity index (χ0n) is 23.8. The van der Waals surface area contributed by atoms with Crippen molar-refractivity contribution in [1.29, 1.82) is 0 Å². The van der Waals surface area contributed by atoms with Gasteiger partial charge in [-0.05, 0) is 55.3 Å². The predicted octanol–water partition coefficient (Wildman–Crippen LogP) is 4.36. The Morgan fingerprint density at radius 1 is 1.16 bits per heavy atom. The van der Waals surface area contributed by atoms with Crippen LogP contribution in [0.1, 0.15) is 23.4 Å². The third kappa shape index (κ3) is 8.25. The minimum Gasteiger partial charge on any atom is -0.487 e. The molecule has 11 nitrogen and oxygen atoms in total. The number of likely N-dealkylation sites (N-methyl/N-ethyl adjacent to an activating group) is 1. The Labute approximate surface area is 254 Å². The summed E-state index contributed by atoms with van der Waals surface area (Å²) in [6.07, 6.45) is 3.27. The Morgan fingerprint density at radius 2 is 1.95 bits per heavy atom. The first kappa shape index (κ1) is 31.8. The molecule has 0 radical (unpaired) electrons. The molecule has 2 heterocycles. The number of carboxylic acid groups (broad SMARTS) is 1. The molecule has 4 aromatic rings. The molecule has 0 saturated carbocycles. The Bertz CT molecular complexity index is 1770. The van der Waals surface area contributed by atoms with Gasteiger partial charge in [0, 0.05) is 31.9 Å². The van der Waals surface area contributed by atoms with E-state index in [9.17, 15) is 33.1 Å². The zero-order chi connectivity index (χ0) is 31.8. The minimum absolute atomic E-state index is 0.0558. The number of amides is 3. The van der Waals surface area contributed by atoms with Crippen LogP contribution in [0, 0.1) is 11.6 Å². The molecule has 14 heteroatoms. The van der Waals surface area contributed by atoms with Crippen molar-refractivity contribution in [3.05, 3.63) is 99.4 Å². The van der Waals surface area contributed by atoms with Crippen molar-refractivity contribution >= 4 is 45.1 Å². The number of nitrogens with one attached hydrogen (secondary N) is 2. The van der Waals surface area contributed by atoms with Crippen LogP contribution in [0.2, 0.25) is 0 Å². The van der Waals surface area contributed by atoms with E-state index in [-0.39, 0.29) is 43.2 Å². The quantitative estimate of drug-likeness (QED) is 0.199. The molecule has 0 bridgehead atoms. The highest BCUT2D eigenvalue weighted by atomic mass is 32.1. The first-order valence-corrected chi connectivity index (χ1v) is 14.2. The monoisotopic (exact) mass is 625 g/mol. The molecule has 0 spiro atoms. The van der Waals surface area contributed by atoms with Crippen LogP contribution < -0.4 is 20.9 Å². The number of hydrogen-bond acceptors (Lipinski definition) is 7. The molecule has 3 amide bonds. The number of thiazole rings is 1. The smallest absolute Gasteiger partial charge is 0.405 e. The molecule has 0 fully saturated rings. The van der Waals surface area contributed by atoms with Crippen molar-refractivity contribution in [2.75, 3.05) is 19.4 Å². The lowest BCUT2D eigenvalue weighted by Crippen LogP contribution is -2.44. The maximum Gasteiger partial charge on any atom is 0.405 e. The highest BCUT2D eigenvalue weighted by molar-refractivity contribution is 7.19. The van der Waals surface area contributed by atoms with E-state index >= 15 is 0 Å². The normalized spacial score (nSPS) is 11.8. The number of pyridine rings is 1. The van der Waals surface area contributed by atoms with Gasteiger partial charge in [0.05, 0.1) is 16.8 Å². The number of carbonyl (C=O) groups is 3. The molecule has 230 valence electrons. The number of rotatable bonds is 12. The molecule has 0 aliphatic rings. The standard InChI is InChI=1S/C30H29F2N5O6S/c1-36(2)26(38)11-4-3-7-22(35-30(41)42)28(39)34-23-9-6-14-37(29(23)40)16-25-33-21-8-5-10-24(27(21)44-25)43-17-18-12-13-19(31)15-20(18)32/h4-6,8-15,22,35H,3,7,16-17H2,1-2H3,(H,34,39)(H,41,42)/b11-4+. The van der Waals surface area contributed by atoms with Gasteiger partial charge in [0.2, 0.25) is 11.8 Å². The summed E-state index contributed by atoms with van der Waals surface area (Å²) < 4.78 is 35.1. The number of aromatic nitrogens is 2. The van der Waals surface area contributed by atoms with Gasteiger partial charge in [-0.2, -0.15) is 0 Å². The van der Waals surface area contributed by atoms with Gasteiger partial charge in [0.25, 0.3) is 5.56 Å². The third-order valence-electron chi connectivity index (χ3n) is 6.34. The van der Waals surface area contributed by atoms with Gasteiger partial charge in [0.15, 0.2) is 0 Å². The Kier molecular flexibility index (Phi) is 10.4. The molecule has 2 aromatic carbocycles. The number of hydrogen-bond donors (Lipinski definition) is 3. The topological polar surface area (TPSA) is 143 Å². The summed E-state index contributed by atoms with van der Waals surface area (Å²) in [4.78, 5) is 55.0. The fourth-order valence-corrected chi connectivity index (χ4v) is 5.11. The van der Waals surface area contributed by atoms with E-state index in [0.717, 1.165) is 12.1 Å². The number of ether oxygens (including phenoxy) is 1. The molecular formula is C30H29F2N5O6S. The molecule has 1 atom stereocenters. The molecule has 1 unspecified atom stereocenters. The van der Waals surface area contributed by atoms with Crippen LogP contribution in [0.4, 0.5) is 19.3 Å². The number of nitrogens with zero attached hydrogens (tertiary/aromatic N) is 3. The summed E-state index contributed by atoms with van der Waals surface area (Å²) in [6, 6.07) is 10.2. The summed E-state index contributed by atoms with van der Waals surface area (Å²) in [5, 5.41) is 14.4. The summed E-state index contributed by atoms with van der Waals surface area (Å²) in [5.74, 6) is -1.93. The van der Waals surface area contributed by atoms with E-state index in [1.54, 1.807) is 38.4 Å². The maximum absolute atomic E-state index is 14.0. The van der Waals surface area contributed by atoms with Crippen molar-refractivity contribution in [1.82, 2.24) is 19.8 Å². The highest BCUT2D eigenvalue weighted by Gasteiger charge is 2.21. The fraction of sp³-hybridized carbons (Fsp3) is 0.233. The van der Waals surface area contributed by atoms with Crippen molar-refractivity contribution in [3.63, 3.8) is 0 Å². The summed E-state index contributed by atoms with van der Waals surface area (Å²) in [5.41, 5.74) is 0.201.